The molecule has 0 radical (unpaired) electrons. The van der Waals surface area contributed by atoms with Gasteiger partial charge in [0.05, 0.1) is 18.2 Å². The molecule has 5 nitrogen and oxygen atoms in total. The molecule has 0 aliphatic carbocycles. The number of aldehydes is 1. The maximum absolute atomic E-state index is 13.3. The first-order chi connectivity index (χ1) is 12.7. The lowest BCUT2D eigenvalue weighted by atomic mass is 10.1. The van der Waals surface area contributed by atoms with Crippen molar-refractivity contribution in [2.24, 2.45) is 0 Å². The van der Waals surface area contributed by atoms with E-state index in [0.717, 1.165) is 6.07 Å². The van der Waals surface area contributed by atoms with E-state index in [1.54, 1.807) is 0 Å². The Hall–Kier alpha value is -3.03. The van der Waals surface area contributed by atoms with Gasteiger partial charge in [-0.3, -0.25) is 4.79 Å². The van der Waals surface area contributed by atoms with Gasteiger partial charge >= 0.3 is 12.1 Å². The van der Waals surface area contributed by atoms with E-state index in [1.165, 1.54) is 31.4 Å². The van der Waals surface area contributed by atoms with E-state index in [9.17, 15) is 22.8 Å². The van der Waals surface area contributed by atoms with Gasteiger partial charge in [-0.25, -0.2) is 4.79 Å². The number of rotatable bonds is 6. The summed E-state index contributed by atoms with van der Waals surface area (Å²) < 4.78 is 49.8. The smallest absolute Gasteiger partial charge is 0.420 e. The van der Waals surface area contributed by atoms with Crippen molar-refractivity contribution in [1.29, 1.82) is 0 Å². The molecule has 0 aliphatic rings. The van der Waals surface area contributed by atoms with Crippen molar-refractivity contribution in [1.82, 2.24) is 0 Å². The van der Waals surface area contributed by atoms with Crippen LogP contribution in [0.1, 0.15) is 40.1 Å². The standard InChI is InChI=1S/C19H18F3NO4/c1-11(2)23-16-6-5-13(9-14(16)18(25)26-3)27-17-7-4-12(10-24)8-15(17)19(20,21)22/h4-11,23H,1-3H3. The van der Waals surface area contributed by atoms with Crippen LogP contribution in [0.25, 0.3) is 0 Å². The van der Waals surface area contributed by atoms with E-state index in [1.807, 2.05) is 13.8 Å². The van der Waals surface area contributed by atoms with E-state index in [0.29, 0.717) is 18.0 Å². The highest BCUT2D eigenvalue weighted by Gasteiger charge is 2.35. The van der Waals surface area contributed by atoms with Gasteiger partial charge in [-0.05, 0) is 50.2 Å². The predicted octanol–water partition coefficient (Wildman–Crippen LogP) is 4.92. The van der Waals surface area contributed by atoms with E-state index < -0.39 is 23.5 Å². The summed E-state index contributed by atoms with van der Waals surface area (Å²) in [7, 11) is 1.20. The molecule has 27 heavy (non-hydrogen) atoms. The molecule has 0 aliphatic heterocycles. The van der Waals surface area contributed by atoms with E-state index in [2.05, 4.69) is 5.32 Å². The van der Waals surface area contributed by atoms with Gasteiger partial charge in [0.2, 0.25) is 0 Å². The number of carbonyl (C=O) groups is 2. The van der Waals surface area contributed by atoms with Crippen molar-refractivity contribution in [3.8, 4) is 11.5 Å². The molecule has 1 N–H and O–H groups in total. The number of halogens is 3. The van der Waals surface area contributed by atoms with Crippen LogP contribution in [0.4, 0.5) is 18.9 Å². The molecule has 0 unspecified atom stereocenters. The number of carbonyl (C=O) groups excluding carboxylic acids is 2. The quantitative estimate of drug-likeness (QED) is 0.569. The highest BCUT2D eigenvalue weighted by atomic mass is 19.4. The Bertz CT molecular complexity index is 847. The number of esters is 1. The third-order valence-electron chi connectivity index (χ3n) is 3.51. The van der Waals surface area contributed by atoms with Gasteiger partial charge in [0, 0.05) is 17.3 Å². The van der Waals surface area contributed by atoms with Gasteiger partial charge in [0.25, 0.3) is 0 Å². The Morgan fingerprint density at radius 3 is 2.41 bits per heavy atom. The Morgan fingerprint density at radius 2 is 1.85 bits per heavy atom. The molecular formula is C19H18F3NO4. The van der Waals surface area contributed by atoms with Crippen molar-refractivity contribution in [2.45, 2.75) is 26.1 Å². The van der Waals surface area contributed by atoms with Crippen LogP contribution in [0, 0.1) is 0 Å². The first kappa shape index (κ1) is 20.3. The molecule has 0 fully saturated rings. The molecule has 0 spiro atoms. The molecule has 144 valence electrons. The summed E-state index contributed by atoms with van der Waals surface area (Å²) in [5.41, 5.74) is -0.615. The molecule has 8 heteroatoms. The van der Waals surface area contributed by atoms with Crippen LogP contribution in [0.3, 0.4) is 0 Å². The Labute approximate surface area is 154 Å². The van der Waals surface area contributed by atoms with Crippen LogP contribution in [-0.2, 0) is 10.9 Å². The van der Waals surface area contributed by atoms with Crippen molar-refractivity contribution in [3.05, 3.63) is 53.1 Å². The highest BCUT2D eigenvalue weighted by Crippen LogP contribution is 2.39. The lowest BCUT2D eigenvalue weighted by Gasteiger charge is -2.17. The Kier molecular flexibility index (Phi) is 6.09. The summed E-state index contributed by atoms with van der Waals surface area (Å²) in [4.78, 5) is 22.8. The van der Waals surface area contributed by atoms with Crippen LogP contribution < -0.4 is 10.1 Å². The lowest BCUT2D eigenvalue weighted by Crippen LogP contribution is -2.14. The van der Waals surface area contributed by atoms with E-state index in [-0.39, 0.29) is 22.9 Å². The van der Waals surface area contributed by atoms with E-state index >= 15 is 0 Å². The summed E-state index contributed by atoms with van der Waals surface area (Å²) in [6.45, 7) is 3.74. The number of anilines is 1. The molecule has 0 amide bonds. The average molecular weight is 381 g/mol. The summed E-state index contributed by atoms with van der Waals surface area (Å²) >= 11 is 0. The molecular weight excluding hydrogens is 363 g/mol. The zero-order valence-corrected chi connectivity index (χ0v) is 14.9. The van der Waals surface area contributed by atoms with Gasteiger partial charge in [-0.2, -0.15) is 13.2 Å². The third-order valence-corrected chi connectivity index (χ3v) is 3.51. The summed E-state index contributed by atoms with van der Waals surface area (Å²) in [5, 5.41) is 3.06. The number of hydrogen-bond acceptors (Lipinski definition) is 5. The SMILES string of the molecule is COC(=O)c1cc(Oc2ccc(C=O)cc2C(F)(F)F)ccc1NC(C)C. The summed E-state index contributed by atoms with van der Waals surface area (Å²) in [5.74, 6) is -1.11. The first-order valence-electron chi connectivity index (χ1n) is 7.99. The fourth-order valence-electron chi connectivity index (χ4n) is 2.36. The molecule has 2 aromatic carbocycles. The van der Waals surface area contributed by atoms with Gasteiger partial charge in [0.1, 0.15) is 17.8 Å². The number of hydrogen-bond donors (Lipinski definition) is 1. The molecule has 0 atom stereocenters. The van der Waals surface area contributed by atoms with Crippen LogP contribution >= 0.6 is 0 Å². The van der Waals surface area contributed by atoms with Gasteiger partial charge in [-0.15, -0.1) is 0 Å². The second-order valence-electron chi connectivity index (χ2n) is 5.97. The maximum atomic E-state index is 13.3. The monoisotopic (exact) mass is 381 g/mol. The van der Waals surface area contributed by atoms with Crippen LogP contribution in [0.2, 0.25) is 0 Å². The lowest BCUT2D eigenvalue weighted by molar-refractivity contribution is -0.138. The zero-order valence-electron chi connectivity index (χ0n) is 14.9. The van der Waals surface area contributed by atoms with Gasteiger partial charge < -0.3 is 14.8 Å². The fourth-order valence-corrected chi connectivity index (χ4v) is 2.36. The number of nitrogens with one attached hydrogen (secondary N) is 1. The minimum atomic E-state index is -4.71. The topological polar surface area (TPSA) is 64.6 Å². The zero-order chi connectivity index (χ0) is 20.2. The number of ether oxygens (including phenoxy) is 2. The molecule has 0 saturated carbocycles. The molecule has 0 heterocycles. The van der Waals surface area contributed by atoms with Crippen LogP contribution in [0.5, 0.6) is 11.5 Å². The molecule has 0 bridgehead atoms. The molecule has 0 aromatic heterocycles. The van der Waals surface area contributed by atoms with Crippen molar-refractivity contribution in [3.63, 3.8) is 0 Å². The number of benzene rings is 2. The minimum Gasteiger partial charge on any atom is -0.465 e. The average Bonchev–Trinajstić information content (AvgIpc) is 2.61. The van der Waals surface area contributed by atoms with Crippen molar-refractivity contribution in [2.75, 3.05) is 12.4 Å². The molecule has 2 aromatic rings. The van der Waals surface area contributed by atoms with Crippen LogP contribution in [0.15, 0.2) is 36.4 Å². The molecule has 0 saturated heterocycles. The fraction of sp³-hybridized carbons (Fsp3) is 0.263. The largest absolute Gasteiger partial charge is 0.465 e. The van der Waals surface area contributed by atoms with Gasteiger partial charge in [0.15, 0.2) is 0 Å². The number of methoxy groups -OCH3 is 1. The Morgan fingerprint density at radius 1 is 1.15 bits per heavy atom. The number of alkyl halides is 3. The predicted molar refractivity (Wildman–Crippen MR) is 93.4 cm³/mol. The maximum Gasteiger partial charge on any atom is 0.420 e. The summed E-state index contributed by atoms with van der Waals surface area (Å²) in [6, 6.07) is 7.26. The molecule has 2 rings (SSSR count). The summed E-state index contributed by atoms with van der Waals surface area (Å²) in [6.07, 6.45) is -4.39. The second kappa shape index (κ2) is 8.11. The normalized spacial score (nSPS) is 11.2. The first-order valence-corrected chi connectivity index (χ1v) is 7.99. The van der Waals surface area contributed by atoms with Gasteiger partial charge in [-0.1, -0.05) is 0 Å². The highest BCUT2D eigenvalue weighted by molar-refractivity contribution is 5.96. The van der Waals surface area contributed by atoms with E-state index in [4.69, 9.17) is 9.47 Å². The van der Waals surface area contributed by atoms with Crippen molar-refractivity contribution < 1.29 is 32.2 Å². The second-order valence-corrected chi connectivity index (χ2v) is 5.97. The van der Waals surface area contributed by atoms with Crippen molar-refractivity contribution >= 4 is 17.9 Å². The van der Waals surface area contributed by atoms with Crippen LogP contribution in [-0.4, -0.2) is 25.4 Å². The third kappa shape index (κ3) is 4.99. The minimum absolute atomic E-state index is 0.0212. The Balaban J connectivity index is 2.46.